The maximum atomic E-state index is 12.5. The van der Waals surface area contributed by atoms with E-state index in [1.807, 2.05) is 13.0 Å². The Kier molecular flexibility index (Phi) is 2.01. The van der Waals surface area contributed by atoms with Crippen molar-refractivity contribution in [2.24, 2.45) is 0 Å². The summed E-state index contributed by atoms with van der Waals surface area (Å²) in [7, 11) is 0. The highest BCUT2D eigenvalue weighted by molar-refractivity contribution is 7.08. The summed E-state index contributed by atoms with van der Waals surface area (Å²) in [5.74, 6) is 0. The predicted octanol–water partition coefficient (Wildman–Crippen LogP) is 2.92. The Hall–Kier alpha value is -0.630. The van der Waals surface area contributed by atoms with Crippen molar-refractivity contribution in [2.75, 3.05) is 0 Å². The van der Waals surface area contributed by atoms with Crippen LogP contribution in [-0.2, 0) is 0 Å². The second-order valence-electron chi connectivity index (χ2n) is 1.65. The van der Waals surface area contributed by atoms with Crippen molar-refractivity contribution in [3.8, 4) is 0 Å². The van der Waals surface area contributed by atoms with E-state index in [4.69, 9.17) is 0 Å². The van der Waals surface area contributed by atoms with E-state index in [1.165, 1.54) is 0 Å². The lowest BCUT2D eigenvalue weighted by Crippen LogP contribution is -1.65. The molecule has 0 unspecified atom stereocenters. The summed E-state index contributed by atoms with van der Waals surface area (Å²) in [5, 5.41) is 1.64. The van der Waals surface area contributed by atoms with Crippen LogP contribution in [0, 0.1) is 5.13 Å². The van der Waals surface area contributed by atoms with E-state index in [9.17, 15) is 4.39 Å². The second-order valence-corrected chi connectivity index (χ2v) is 2.52. The van der Waals surface area contributed by atoms with Crippen LogP contribution in [0.3, 0.4) is 0 Å². The summed E-state index contributed by atoms with van der Waals surface area (Å²) >= 11 is 1.13. The van der Waals surface area contributed by atoms with Crippen molar-refractivity contribution in [1.29, 1.82) is 0 Å². The maximum absolute atomic E-state index is 12.5. The molecule has 0 aromatic carbocycles. The summed E-state index contributed by atoms with van der Waals surface area (Å²) in [5.41, 5.74) is 0.683. The van der Waals surface area contributed by atoms with Crippen LogP contribution in [0.25, 0.3) is 6.08 Å². The molecule has 0 bridgehead atoms. The minimum atomic E-state index is -0.104. The normalized spacial score (nSPS) is 10.9. The third kappa shape index (κ3) is 1.39. The van der Waals surface area contributed by atoms with Crippen molar-refractivity contribution >= 4 is 17.4 Å². The van der Waals surface area contributed by atoms with Gasteiger partial charge in [0.2, 0.25) is 0 Å². The van der Waals surface area contributed by atoms with E-state index >= 15 is 0 Å². The average Bonchev–Trinajstić information content (AvgIpc) is 2.18. The van der Waals surface area contributed by atoms with Crippen LogP contribution in [0.5, 0.6) is 0 Å². The lowest BCUT2D eigenvalue weighted by molar-refractivity contribution is 0.655. The van der Waals surface area contributed by atoms with Gasteiger partial charge in [0.05, 0.1) is 0 Å². The first kappa shape index (κ1) is 6.49. The minimum absolute atomic E-state index is 0.104. The first-order valence-corrected chi connectivity index (χ1v) is 3.58. The number of halogens is 1. The number of hydrogen-bond acceptors (Lipinski definition) is 1. The monoisotopic (exact) mass is 142 g/mol. The molecule has 2 heteroatoms. The predicted molar refractivity (Wildman–Crippen MR) is 39.0 cm³/mol. The van der Waals surface area contributed by atoms with Crippen molar-refractivity contribution in [3.63, 3.8) is 0 Å². The van der Waals surface area contributed by atoms with Gasteiger partial charge in [-0.1, -0.05) is 12.2 Å². The van der Waals surface area contributed by atoms with Gasteiger partial charge in [0, 0.05) is 5.56 Å². The van der Waals surface area contributed by atoms with Crippen molar-refractivity contribution in [3.05, 3.63) is 28.2 Å². The topological polar surface area (TPSA) is 0 Å². The highest BCUT2D eigenvalue weighted by Crippen LogP contribution is 2.14. The van der Waals surface area contributed by atoms with Gasteiger partial charge in [-0.05, 0) is 18.4 Å². The fourth-order valence-electron chi connectivity index (χ4n) is 0.601. The minimum Gasteiger partial charge on any atom is -0.194 e. The summed E-state index contributed by atoms with van der Waals surface area (Å²) in [6.45, 7) is 1.87. The summed E-state index contributed by atoms with van der Waals surface area (Å²) < 4.78 is 12.5. The van der Waals surface area contributed by atoms with Crippen LogP contribution < -0.4 is 0 Å². The molecule has 0 radical (unpaired) electrons. The molecule has 0 nitrogen and oxygen atoms in total. The lowest BCUT2D eigenvalue weighted by atomic mass is 10.3. The third-order valence-electron chi connectivity index (χ3n) is 0.992. The molecule has 1 rings (SSSR count). The van der Waals surface area contributed by atoms with Gasteiger partial charge in [-0.2, -0.15) is 4.39 Å². The van der Waals surface area contributed by atoms with Gasteiger partial charge < -0.3 is 0 Å². The van der Waals surface area contributed by atoms with Gasteiger partial charge in [0.15, 0.2) is 5.13 Å². The Balaban J connectivity index is 2.94. The van der Waals surface area contributed by atoms with Gasteiger partial charge in [0.25, 0.3) is 0 Å². The smallest absolute Gasteiger partial charge is 0.183 e. The zero-order chi connectivity index (χ0) is 6.69. The molecule has 0 amide bonds. The zero-order valence-electron chi connectivity index (χ0n) is 5.10. The Morgan fingerprint density at radius 2 is 2.44 bits per heavy atom. The van der Waals surface area contributed by atoms with Gasteiger partial charge in [-0.15, -0.1) is 11.3 Å². The third-order valence-corrected chi connectivity index (χ3v) is 1.71. The summed E-state index contributed by atoms with van der Waals surface area (Å²) in [4.78, 5) is 0. The molecule has 0 aliphatic carbocycles. The first-order valence-electron chi connectivity index (χ1n) is 2.70. The average molecular weight is 142 g/mol. The number of thiophene rings is 1. The molecule has 0 aliphatic heterocycles. The van der Waals surface area contributed by atoms with Gasteiger partial charge in [-0.25, -0.2) is 0 Å². The molecule has 0 saturated carbocycles. The SMILES string of the molecule is C/C=C/c1ccsc1F. The van der Waals surface area contributed by atoms with Gasteiger partial charge in [-0.3, -0.25) is 0 Å². The number of allylic oxidation sites excluding steroid dienone is 1. The Labute approximate surface area is 57.6 Å². The second kappa shape index (κ2) is 2.78. The molecule has 0 fully saturated rings. The quantitative estimate of drug-likeness (QED) is 0.565. The molecule has 0 atom stereocenters. The molecule has 1 aromatic heterocycles. The van der Waals surface area contributed by atoms with Crippen LogP contribution in [0.1, 0.15) is 12.5 Å². The van der Waals surface area contributed by atoms with E-state index in [1.54, 1.807) is 17.5 Å². The summed E-state index contributed by atoms with van der Waals surface area (Å²) in [6.07, 6.45) is 3.58. The first-order chi connectivity index (χ1) is 4.34. The molecule has 1 heterocycles. The molecule has 0 saturated heterocycles. The molecule has 9 heavy (non-hydrogen) atoms. The number of rotatable bonds is 1. The van der Waals surface area contributed by atoms with Crippen LogP contribution in [0.4, 0.5) is 4.39 Å². The van der Waals surface area contributed by atoms with Crippen LogP contribution in [-0.4, -0.2) is 0 Å². The molecule has 1 aromatic rings. The lowest BCUT2D eigenvalue weighted by Gasteiger charge is -1.80. The molecule has 0 aliphatic rings. The van der Waals surface area contributed by atoms with E-state index in [0.29, 0.717) is 5.56 Å². The van der Waals surface area contributed by atoms with E-state index in [2.05, 4.69) is 0 Å². The fraction of sp³-hybridized carbons (Fsp3) is 0.143. The Morgan fingerprint density at radius 1 is 1.67 bits per heavy atom. The van der Waals surface area contributed by atoms with Crippen molar-refractivity contribution in [2.45, 2.75) is 6.92 Å². The molecular formula is C7H7FS. The fourth-order valence-corrected chi connectivity index (χ4v) is 1.21. The van der Waals surface area contributed by atoms with Crippen molar-refractivity contribution < 1.29 is 4.39 Å². The highest BCUT2D eigenvalue weighted by atomic mass is 32.1. The largest absolute Gasteiger partial charge is 0.194 e. The van der Waals surface area contributed by atoms with Crippen molar-refractivity contribution in [1.82, 2.24) is 0 Å². The zero-order valence-corrected chi connectivity index (χ0v) is 5.91. The van der Waals surface area contributed by atoms with E-state index in [-0.39, 0.29) is 5.13 Å². The summed E-state index contributed by atoms with van der Waals surface area (Å²) in [6, 6.07) is 1.76. The van der Waals surface area contributed by atoms with E-state index in [0.717, 1.165) is 11.3 Å². The molecule has 0 spiro atoms. The van der Waals surface area contributed by atoms with E-state index < -0.39 is 0 Å². The standard InChI is InChI=1S/C7H7FS/c1-2-3-6-4-5-9-7(6)8/h2-5H,1H3/b3-2+. The van der Waals surface area contributed by atoms with Crippen LogP contribution >= 0.6 is 11.3 Å². The highest BCUT2D eigenvalue weighted by Gasteiger charge is 1.95. The Bertz CT molecular complexity index is 212. The van der Waals surface area contributed by atoms with Gasteiger partial charge >= 0.3 is 0 Å². The molecule has 0 N–H and O–H groups in total. The van der Waals surface area contributed by atoms with Gasteiger partial charge in [0.1, 0.15) is 0 Å². The van der Waals surface area contributed by atoms with Crippen LogP contribution in [0.2, 0.25) is 0 Å². The molecule has 48 valence electrons. The van der Waals surface area contributed by atoms with Crippen LogP contribution in [0.15, 0.2) is 17.5 Å². The maximum Gasteiger partial charge on any atom is 0.183 e. The number of hydrogen-bond donors (Lipinski definition) is 0. The Morgan fingerprint density at radius 3 is 2.89 bits per heavy atom. The molecular weight excluding hydrogens is 135 g/mol.